The smallest absolute Gasteiger partial charge is 0.200 e. The summed E-state index contributed by atoms with van der Waals surface area (Å²) >= 11 is 0. The Bertz CT molecular complexity index is 327. The largest absolute Gasteiger partial charge is 0.412 e. The molecule has 21 heavy (non-hydrogen) atoms. The average molecular weight is 313 g/mol. The van der Waals surface area contributed by atoms with Gasteiger partial charge >= 0.3 is 0 Å². The van der Waals surface area contributed by atoms with E-state index in [1.54, 1.807) is 0 Å². The van der Waals surface area contributed by atoms with Crippen LogP contribution in [0.25, 0.3) is 0 Å². The van der Waals surface area contributed by atoms with Crippen molar-refractivity contribution in [2.75, 3.05) is 0 Å². The minimum absolute atomic E-state index is 0.137. The molecule has 0 aliphatic heterocycles. The van der Waals surface area contributed by atoms with E-state index >= 15 is 0 Å². The first-order valence-corrected chi connectivity index (χ1v) is 10.8. The molecule has 2 nitrogen and oxygen atoms in total. The molecule has 1 rings (SSSR count). The predicted molar refractivity (Wildman–Crippen MR) is 94.0 cm³/mol. The molecule has 0 unspecified atom stereocenters. The van der Waals surface area contributed by atoms with Crippen molar-refractivity contribution in [1.82, 2.24) is 0 Å². The van der Waals surface area contributed by atoms with E-state index in [1.807, 2.05) is 0 Å². The maximum Gasteiger partial charge on any atom is 0.200 e. The highest BCUT2D eigenvalue weighted by Crippen LogP contribution is 2.45. The first-order chi connectivity index (χ1) is 9.64. The first-order valence-electron chi connectivity index (χ1n) is 8.67. The highest BCUT2D eigenvalue weighted by molar-refractivity contribution is 6.77. The van der Waals surface area contributed by atoms with Gasteiger partial charge in [0.15, 0.2) is 0 Å². The standard InChI is InChI=1S/C18H36O2Si/c1-12(2)21(13(3)4,14(5)6)20-18-15(7)10-9-11-17(19)16(18)8/h9-10,12-19H,11H2,1-8H3/t15-,16+,17-,18-/m1/s1. The SMILES string of the molecule is CC(C)[Si](O[C@H]1[C@@H](C)[C@H](O)CC=C[C@H]1C)(C(C)C)C(C)C. The van der Waals surface area contributed by atoms with E-state index < -0.39 is 8.32 Å². The van der Waals surface area contributed by atoms with Crippen LogP contribution in [0.4, 0.5) is 0 Å². The molecule has 4 atom stereocenters. The van der Waals surface area contributed by atoms with Gasteiger partial charge in [-0.2, -0.15) is 0 Å². The topological polar surface area (TPSA) is 29.5 Å². The van der Waals surface area contributed by atoms with Gasteiger partial charge < -0.3 is 9.53 Å². The maximum absolute atomic E-state index is 10.3. The molecule has 0 aromatic carbocycles. The van der Waals surface area contributed by atoms with Crippen LogP contribution in [0.3, 0.4) is 0 Å². The molecule has 0 saturated heterocycles. The van der Waals surface area contributed by atoms with Crippen molar-refractivity contribution >= 4 is 8.32 Å². The Hall–Kier alpha value is -0.123. The summed E-state index contributed by atoms with van der Waals surface area (Å²) in [6, 6.07) is 0. The summed E-state index contributed by atoms with van der Waals surface area (Å²) in [6.45, 7) is 18.3. The van der Waals surface area contributed by atoms with Gasteiger partial charge in [-0.05, 0) is 29.0 Å². The lowest BCUT2D eigenvalue weighted by Gasteiger charge is -2.47. The third-order valence-electron chi connectivity index (χ3n) is 5.51. The van der Waals surface area contributed by atoms with Gasteiger partial charge in [-0.25, -0.2) is 0 Å². The third-order valence-corrected chi connectivity index (χ3v) is 11.6. The molecule has 0 fully saturated rings. The molecule has 124 valence electrons. The predicted octanol–water partition coefficient (Wildman–Crippen LogP) is 5.14. The molecule has 0 aromatic heterocycles. The Labute approximate surface area is 133 Å². The molecule has 3 heteroatoms. The fourth-order valence-electron chi connectivity index (χ4n) is 4.31. The molecule has 0 radical (unpaired) electrons. The minimum Gasteiger partial charge on any atom is -0.412 e. The van der Waals surface area contributed by atoms with Gasteiger partial charge in [-0.1, -0.05) is 67.5 Å². The van der Waals surface area contributed by atoms with Crippen molar-refractivity contribution in [1.29, 1.82) is 0 Å². The lowest BCUT2D eigenvalue weighted by atomic mass is 9.91. The van der Waals surface area contributed by atoms with Gasteiger partial charge in [0, 0.05) is 5.92 Å². The van der Waals surface area contributed by atoms with Crippen LogP contribution in [-0.4, -0.2) is 25.6 Å². The first kappa shape index (κ1) is 18.9. The molecule has 1 N–H and O–H groups in total. The molecular weight excluding hydrogens is 276 g/mol. The summed E-state index contributed by atoms with van der Waals surface area (Å²) in [7, 11) is -1.90. The van der Waals surface area contributed by atoms with E-state index in [2.05, 4.69) is 67.5 Å². The molecule has 0 spiro atoms. The van der Waals surface area contributed by atoms with Crippen molar-refractivity contribution < 1.29 is 9.53 Å². The fourth-order valence-corrected chi connectivity index (χ4v) is 10.0. The zero-order chi connectivity index (χ0) is 16.4. The van der Waals surface area contributed by atoms with Gasteiger partial charge in [0.2, 0.25) is 8.32 Å². The summed E-state index contributed by atoms with van der Waals surface area (Å²) < 4.78 is 6.97. The van der Waals surface area contributed by atoms with Crippen LogP contribution >= 0.6 is 0 Å². The maximum atomic E-state index is 10.3. The Morgan fingerprint density at radius 2 is 1.48 bits per heavy atom. The molecule has 0 amide bonds. The number of hydrogen-bond donors (Lipinski definition) is 1. The highest BCUT2D eigenvalue weighted by Gasteiger charge is 2.48. The Kier molecular flexibility index (Phi) is 6.70. The molecule has 0 saturated carbocycles. The summed E-state index contributed by atoms with van der Waals surface area (Å²) in [4.78, 5) is 0. The van der Waals surface area contributed by atoms with Crippen molar-refractivity contribution in [3.05, 3.63) is 12.2 Å². The van der Waals surface area contributed by atoms with Gasteiger partial charge in [-0.3, -0.25) is 0 Å². The van der Waals surface area contributed by atoms with Crippen LogP contribution in [0, 0.1) is 11.8 Å². The highest BCUT2D eigenvalue weighted by atomic mass is 28.4. The summed E-state index contributed by atoms with van der Waals surface area (Å²) in [5.74, 6) is 0.568. The summed E-state index contributed by atoms with van der Waals surface area (Å²) in [5.41, 5.74) is 1.75. The quantitative estimate of drug-likeness (QED) is 0.562. The van der Waals surface area contributed by atoms with Crippen molar-refractivity contribution in [3.8, 4) is 0 Å². The summed E-state index contributed by atoms with van der Waals surface area (Å²) in [5, 5.41) is 10.3. The van der Waals surface area contributed by atoms with Crippen LogP contribution < -0.4 is 0 Å². The normalized spacial score (nSPS) is 31.2. The fraction of sp³-hybridized carbons (Fsp3) is 0.889. The van der Waals surface area contributed by atoms with Crippen molar-refractivity contribution in [2.24, 2.45) is 11.8 Å². The number of aliphatic hydroxyl groups is 1. The molecule has 0 bridgehead atoms. The summed E-state index contributed by atoms with van der Waals surface area (Å²) in [6.07, 6.45) is 4.97. The number of aliphatic hydroxyl groups excluding tert-OH is 1. The molecule has 0 aromatic rings. The van der Waals surface area contributed by atoms with E-state index in [0.717, 1.165) is 6.42 Å². The Morgan fingerprint density at radius 3 is 1.90 bits per heavy atom. The number of rotatable bonds is 5. The van der Waals surface area contributed by atoms with E-state index in [1.165, 1.54) is 0 Å². The molecule has 1 aliphatic carbocycles. The van der Waals surface area contributed by atoms with Crippen LogP contribution in [0.15, 0.2) is 12.2 Å². The Morgan fingerprint density at radius 1 is 1.00 bits per heavy atom. The second-order valence-corrected chi connectivity index (χ2v) is 13.3. The van der Waals surface area contributed by atoms with Gasteiger partial charge in [0.1, 0.15) is 0 Å². The lowest BCUT2D eigenvalue weighted by molar-refractivity contribution is 0.0150. The zero-order valence-corrected chi connectivity index (χ0v) is 16.3. The van der Waals surface area contributed by atoms with Crippen LogP contribution in [-0.2, 0) is 4.43 Å². The van der Waals surface area contributed by atoms with Gasteiger partial charge in [0.25, 0.3) is 0 Å². The minimum atomic E-state index is -1.90. The number of hydrogen-bond acceptors (Lipinski definition) is 2. The van der Waals surface area contributed by atoms with E-state index in [4.69, 9.17) is 4.43 Å². The second-order valence-electron chi connectivity index (χ2n) is 7.85. The van der Waals surface area contributed by atoms with Gasteiger partial charge in [-0.15, -0.1) is 0 Å². The zero-order valence-electron chi connectivity index (χ0n) is 15.3. The molecular formula is C18H36O2Si. The van der Waals surface area contributed by atoms with E-state index in [9.17, 15) is 5.11 Å². The van der Waals surface area contributed by atoms with E-state index in [0.29, 0.717) is 22.5 Å². The monoisotopic (exact) mass is 312 g/mol. The van der Waals surface area contributed by atoms with Crippen LogP contribution in [0.1, 0.15) is 61.8 Å². The lowest BCUT2D eigenvalue weighted by Crippen LogP contribution is -2.53. The van der Waals surface area contributed by atoms with Crippen molar-refractivity contribution in [3.63, 3.8) is 0 Å². The van der Waals surface area contributed by atoms with Crippen molar-refractivity contribution in [2.45, 2.75) is 90.6 Å². The molecule has 1 aliphatic rings. The average Bonchev–Trinajstić information content (AvgIpc) is 2.47. The van der Waals surface area contributed by atoms with Crippen LogP contribution in [0.2, 0.25) is 16.6 Å². The third kappa shape index (κ3) is 3.80. The van der Waals surface area contributed by atoms with Crippen LogP contribution in [0.5, 0.6) is 0 Å². The van der Waals surface area contributed by atoms with Gasteiger partial charge in [0.05, 0.1) is 12.2 Å². The van der Waals surface area contributed by atoms with E-state index in [-0.39, 0.29) is 18.1 Å². The molecule has 0 heterocycles. The second kappa shape index (κ2) is 7.43. The Balaban J connectivity index is 3.14.